The molecule has 0 aromatic heterocycles. The summed E-state index contributed by atoms with van der Waals surface area (Å²) in [5, 5.41) is 0. The second-order valence-electron chi connectivity index (χ2n) is 3.95. The van der Waals surface area contributed by atoms with E-state index < -0.39 is 5.82 Å². The van der Waals surface area contributed by atoms with Crippen molar-refractivity contribution >= 4 is 5.69 Å². The molecule has 4 nitrogen and oxygen atoms in total. The first-order valence-corrected chi connectivity index (χ1v) is 5.67. The van der Waals surface area contributed by atoms with E-state index >= 15 is 0 Å². The average Bonchev–Trinajstić information content (AvgIpc) is 2.24. The molecule has 2 rings (SSSR count). The first-order chi connectivity index (χ1) is 8.20. The number of anilines is 1. The second-order valence-corrected chi connectivity index (χ2v) is 3.95. The summed E-state index contributed by atoms with van der Waals surface area (Å²) in [5.41, 5.74) is 5.96. The summed E-state index contributed by atoms with van der Waals surface area (Å²) in [5.74, 6) is 0.162. The van der Waals surface area contributed by atoms with Crippen molar-refractivity contribution < 1.29 is 18.6 Å². The van der Waals surface area contributed by atoms with Crippen molar-refractivity contribution in [2.75, 3.05) is 25.6 Å². The lowest BCUT2D eigenvalue weighted by molar-refractivity contribution is -0.0794. The molecule has 1 saturated heterocycles. The van der Waals surface area contributed by atoms with Gasteiger partial charge in [0, 0.05) is 12.1 Å². The van der Waals surface area contributed by atoms with Crippen molar-refractivity contribution in [2.45, 2.75) is 19.4 Å². The number of hydrogen-bond acceptors (Lipinski definition) is 4. The van der Waals surface area contributed by atoms with Gasteiger partial charge in [-0.1, -0.05) is 6.92 Å². The van der Waals surface area contributed by atoms with Gasteiger partial charge in [-0.15, -0.1) is 0 Å². The summed E-state index contributed by atoms with van der Waals surface area (Å²) >= 11 is 0. The van der Waals surface area contributed by atoms with Crippen LogP contribution in [-0.4, -0.2) is 25.9 Å². The minimum absolute atomic E-state index is 0.00165. The molecule has 0 amide bonds. The Hall–Kier alpha value is -1.49. The number of nitrogens with two attached hydrogens (primary N) is 1. The molecule has 1 fully saturated rings. The van der Waals surface area contributed by atoms with Crippen LogP contribution in [0.5, 0.6) is 11.5 Å². The molecule has 5 heteroatoms. The fraction of sp³-hybridized carbons (Fsp3) is 0.500. The number of halogens is 1. The van der Waals surface area contributed by atoms with Gasteiger partial charge in [-0.3, -0.25) is 0 Å². The Balaban J connectivity index is 2.12. The van der Waals surface area contributed by atoms with Crippen molar-refractivity contribution in [1.29, 1.82) is 0 Å². The van der Waals surface area contributed by atoms with Gasteiger partial charge in [-0.2, -0.15) is 0 Å². The van der Waals surface area contributed by atoms with Crippen LogP contribution in [0, 0.1) is 5.82 Å². The number of nitrogen functional groups attached to an aromatic ring is 1. The molecule has 17 heavy (non-hydrogen) atoms. The second kappa shape index (κ2) is 5.23. The van der Waals surface area contributed by atoms with Gasteiger partial charge < -0.3 is 19.9 Å². The standard InChI is InChI=1S/C12H16FNO3/c1-2-3-16-11-5-12(10(14)4-9(11)13)17-8-6-15-7-8/h4-5,8H,2-3,6-7,14H2,1H3. The Bertz CT molecular complexity index is 394. The van der Waals surface area contributed by atoms with Crippen LogP contribution in [0.1, 0.15) is 13.3 Å². The predicted octanol–water partition coefficient (Wildman–Crippen LogP) is 1.97. The van der Waals surface area contributed by atoms with Crippen molar-refractivity contribution in [3.05, 3.63) is 17.9 Å². The summed E-state index contributed by atoms with van der Waals surface area (Å²) in [6, 6.07) is 2.72. The Morgan fingerprint density at radius 2 is 2.18 bits per heavy atom. The molecular weight excluding hydrogens is 225 g/mol. The minimum atomic E-state index is -0.465. The van der Waals surface area contributed by atoms with Gasteiger partial charge in [0.2, 0.25) is 0 Å². The molecule has 2 N–H and O–H groups in total. The Kier molecular flexibility index (Phi) is 3.68. The summed E-state index contributed by atoms with van der Waals surface area (Å²) in [7, 11) is 0. The maximum atomic E-state index is 13.5. The maximum Gasteiger partial charge on any atom is 0.167 e. The van der Waals surface area contributed by atoms with E-state index in [1.807, 2.05) is 6.92 Å². The smallest absolute Gasteiger partial charge is 0.167 e. The molecule has 0 unspecified atom stereocenters. The number of hydrogen-bond donors (Lipinski definition) is 1. The highest BCUT2D eigenvalue weighted by Gasteiger charge is 2.22. The third-order valence-corrected chi connectivity index (χ3v) is 2.43. The first-order valence-electron chi connectivity index (χ1n) is 5.67. The Labute approximate surface area is 99.5 Å². The van der Waals surface area contributed by atoms with E-state index in [0.29, 0.717) is 25.6 Å². The SMILES string of the molecule is CCCOc1cc(OC2COC2)c(N)cc1F. The van der Waals surface area contributed by atoms with Crippen LogP contribution in [-0.2, 0) is 4.74 Å². The molecular formula is C12H16FNO3. The van der Waals surface area contributed by atoms with Gasteiger partial charge in [0.1, 0.15) is 11.9 Å². The normalized spacial score (nSPS) is 15.4. The molecule has 0 atom stereocenters. The Morgan fingerprint density at radius 3 is 2.76 bits per heavy atom. The molecule has 0 bridgehead atoms. The van der Waals surface area contributed by atoms with E-state index in [9.17, 15) is 4.39 Å². The molecule has 94 valence electrons. The lowest BCUT2D eigenvalue weighted by Crippen LogP contribution is -2.38. The summed E-state index contributed by atoms with van der Waals surface area (Å²) in [6.07, 6.45) is 0.818. The molecule has 1 heterocycles. The van der Waals surface area contributed by atoms with Crippen molar-refractivity contribution in [3.8, 4) is 11.5 Å². The van der Waals surface area contributed by atoms with Crippen LogP contribution in [0.15, 0.2) is 12.1 Å². The van der Waals surface area contributed by atoms with E-state index in [1.165, 1.54) is 12.1 Å². The van der Waals surface area contributed by atoms with Crippen LogP contribution in [0.2, 0.25) is 0 Å². The zero-order valence-electron chi connectivity index (χ0n) is 9.74. The van der Waals surface area contributed by atoms with Crippen LogP contribution >= 0.6 is 0 Å². The quantitative estimate of drug-likeness (QED) is 0.801. The van der Waals surface area contributed by atoms with Crippen LogP contribution in [0.25, 0.3) is 0 Å². The highest BCUT2D eigenvalue weighted by atomic mass is 19.1. The van der Waals surface area contributed by atoms with Crippen LogP contribution < -0.4 is 15.2 Å². The van der Waals surface area contributed by atoms with Gasteiger partial charge in [-0.25, -0.2) is 4.39 Å². The minimum Gasteiger partial charge on any atom is -0.490 e. The van der Waals surface area contributed by atoms with Gasteiger partial charge in [-0.05, 0) is 6.42 Å². The molecule has 1 aromatic carbocycles. The summed E-state index contributed by atoms with van der Waals surface area (Å²) < 4.78 is 29.3. The Morgan fingerprint density at radius 1 is 1.41 bits per heavy atom. The number of ether oxygens (including phenoxy) is 3. The molecule has 1 aromatic rings. The van der Waals surface area contributed by atoms with Gasteiger partial charge in [0.05, 0.1) is 25.5 Å². The lowest BCUT2D eigenvalue weighted by Gasteiger charge is -2.27. The van der Waals surface area contributed by atoms with Gasteiger partial charge >= 0.3 is 0 Å². The number of benzene rings is 1. The van der Waals surface area contributed by atoms with Crippen molar-refractivity contribution in [2.24, 2.45) is 0 Å². The van der Waals surface area contributed by atoms with Crippen molar-refractivity contribution in [3.63, 3.8) is 0 Å². The fourth-order valence-corrected chi connectivity index (χ4v) is 1.44. The molecule has 0 spiro atoms. The van der Waals surface area contributed by atoms with Gasteiger partial charge in [0.15, 0.2) is 11.6 Å². The third-order valence-electron chi connectivity index (χ3n) is 2.43. The van der Waals surface area contributed by atoms with E-state index in [4.69, 9.17) is 19.9 Å². The largest absolute Gasteiger partial charge is 0.490 e. The topological polar surface area (TPSA) is 53.7 Å². The van der Waals surface area contributed by atoms with E-state index in [2.05, 4.69) is 0 Å². The van der Waals surface area contributed by atoms with Gasteiger partial charge in [0.25, 0.3) is 0 Å². The summed E-state index contributed by atoms with van der Waals surface area (Å²) in [6.45, 7) is 3.51. The maximum absolute atomic E-state index is 13.5. The highest BCUT2D eigenvalue weighted by Crippen LogP contribution is 2.31. The summed E-state index contributed by atoms with van der Waals surface area (Å²) in [4.78, 5) is 0. The van der Waals surface area contributed by atoms with E-state index in [-0.39, 0.29) is 17.5 Å². The van der Waals surface area contributed by atoms with Crippen LogP contribution in [0.4, 0.5) is 10.1 Å². The first kappa shape index (κ1) is 12.0. The third kappa shape index (κ3) is 2.79. The predicted molar refractivity (Wildman–Crippen MR) is 61.8 cm³/mol. The average molecular weight is 241 g/mol. The fourth-order valence-electron chi connectivity index (χ4n) is 1.44. The zero-order chi connectivity index (χ0) is 12.3. The zero-order valence-corrected chi connectivity index (χ0v) is 9.74. The molecule has 1 aliphatic heterocycles. The lowest BCUT2D eigenvalue weighted by atomic mass is 10.2. The molecule has 0 aliphatic carbocycles. The van der Waals surface area contributed by atoms with Crippen LogP contribution in [0.3, 0.4) is 0 Å². The number of rotatable bonds is 5. The van der Waals surface area contributed by atoms with E-state index in [1.54, 1.807) is 0 Å². The molecule has 0 radical (unpaired) electrons. The molecule has 0 saturated carbocycles. The van der Waals surface area contributed by atoms with Crippen molar-refractivity contribution in [1.82, 2.24) is 0 Å². The van der Waals surface area contributed by atoms with E-state index in [0.717, 1.165) is 6.42 Å². The molecule has 1 aliphatic rings. The monoisotopic (exact) mass is 241 g/mol. The highest BCUT2D eigenvalue weighted by molar-refractivity contribution is 5.56.